The minimum Gasteiger partial charge on any atom is -0.399 e. The average molecular weight is 644 g/mol. The molecule has 4 atom stereocenters. The molecule has 1 aliphatic rings. The summed E-state index contributed by atoms with van der Waals surface area (Å²) in [5.74, 6) is 0. The van der Waals surface area contributed by atoms with Gasteiger partial charge in [0.15, 0.2) is 0 Å². The maximum atomic E-state index is 13.0. The Morgan fingerprint density at radius 3 is 2.11 bits per heavy atom. The first kappa shape index (κ1) is 33.7. The summed E-state index contributed by atoms with van der Waals surface area (Å²) in [7, 11) is -3.05. The zero-order valence-electron chi connectivity index (χ0n) is 27.1. The van der Waals surface area contributed by atoms with Crippen LogP contribution in [0.5, 0.6) is 0 Å². The second-order valence-corrected chi connectivity index (χ2v) is 17.0. The molecular formula is C36H45N3O6Si. The Morgan fingerprint density at radius 2 is 1.54 bits per heavy atom. The van der Waals surface area contributed by atoms with Crippen molar-refractivity contribution in [2.45, 2.75) is 70.3 Å². The second-order valence-electron chi connectivity index (χ2n) is 12.8. The lowest BCUT2D eigenvalue weighted by Crippen LogP contribution is -2.69. The molecule has 3 aromatic carbocycles. The molecule has 3 N–H and O–H groups in total. The third-order valence-corrected chi connectivity index (χ3v) is 13.6. The molecule has 2 heterocycles. The first-order valence-electron chi connectivity index (χ1n) is 15.8. The molecule has 244 valence electrons. The van der Waals surface area contributed by atoms with E-state index < -0.39 is 44.1 Å². The van der Waals surface area contributed by atoms with Gasteiger partial charge in [-0.2, -0.15) is 0 Å². The van der Waals surface area contributed by atoms with Gasteiger partial charge in [-0.05, 0) is 27.9 Å². The number of rotatable bonds is 13. The fourth-order valence-corrected chi connectivity index (χ4v) is 11.0. The molecule has 1 aromatic heterocycles. The van der Waals surface area contributed by atoms with E-state index in [1.807, 2.05) is 42.5 Å². The van der Waals surface area contributed by atoms with Crippen LogP contribution in [0.25, 0.3) is 0 Å². The minimum absolute atomic E-state index is 0.221. The maximum absolute atomic E-state index is 13.0. The molecule has 0 saturated carbocycles. The van der Waals surface area contributed by atoms with E-state index in [2.05, 4.69) is 74.3 Å². The van der Waals surface area contributed by atoms with E-state index in [-0.39, 0.29) is 11.6 Å². The Bertz CT molecular complexity index is 1620. The maximum Gasteiger partial charge on any atom is 0.330 e. The van der Waals surface area contributed by atoms with Crippen LogP contribution in [0.2, 0.25) is 5.04 Å². The average Bonchev–Trinajstić information content (AvgIpc) is 3.48. The van der Waals surface area contributed by atoms with Crippen molar-refractivity contribution >= 4 is 18.7 Å². The smallest absolute Gasteiger partial charge is 0.330 e. The summed E-state index contributed by atoms with van der Waals surface area (Å²) in [5.41, 5.74) is 6.38. The minimum atomic E-state index is -3.05. The van der Waals surface area contributed by atoms with Crippen molar-refractivity contribution < 1.29 is 18.6 Å². The molecule has 1 fully saturated rings. The van der Waals surface area contributed by atoms with Crippen molar-refractivity contribution in [3.63, 3.8) is 0 Å². The van der Waals surface area contributed by atoms with E-state index >= 15 is 0 Å². The Balaban J connectivity index is 1.59. The fraction of sp³-hybridized carbons (Fsp3) is 0.389. The number of nitrogens with zero attached hydrogens (tertiary/aromatic N) is 1. The summed E-state index contributed by atoms with van der Waals surface area (Å²) in [6.45, 7) is 9.60. The summed E-state index contributed by atoms with van der Waals surface area (Å²) in [5, 5.41) is 1.96. The number of aryl methyl sites for hydroxylation is 1. The molecule has 1 unspecified atom stereocenters. The van der Waals surface area contributed by atoms with Gasteiger partial charge in [-0.25, -0.2) is 4.79 Å². The van der Waals surface area contributed by atoms with Gasteiger partial charge >= 0.3 is 5.69 Å². The highest BCUT2D eigenvalue weighted by atomic mass is 28.4. The summed E-state index contributed by atoms with van der Waals surface area (Å²) < 4.78 is 28.5. The van der Waals surface area contributed by atoms with Crippen LogP contribution in [-0.2, 0) is 25.2 Å². The molecule has 5 rings (SSSR count). The molecule has 0 aliphatic carbocycles. The number of H-pyrrole nitrogens is 1. The van der Waals surface area contributed by atoms with Crippen molar-refractivity contribution in [3.05, 3.63) is 129 Å². The lowest BCUT2D eigenvalue weighted by molar-refractivity contribution is -0.111. The van der Waals surface area contributed by atoms with Crippen molar-refractivity contribution in [2.24, 2.45) is 5.73 Å². The van der Waals surface area contributed by atoms with Gasteiger partial charge in [0, 0.05) is 24.7 Å². The summed E-state index contributed by atoms with van der Waals surface area (Å²) >= 11 is 0. The normalized spacial score (nSPS) is 19.3. The van der Waals surface area contributed by atoms with Gasteiger partial charge in [-0.3, -0.25) is 14.3 Å². The fourth-order valence-electron chi connectivity index (χ4n) is 6.33. The predicted molar refractivity (Wildman–Crippen MR) is 182 cm³/mol. The first-order valence-corrected chi connectivity index (χ1v) is 17.7. The van der Waals surface area contributed by atoms with Crippen LogP contribution in [0.1, 0.15) is 44.5 Å². The van der Waals surface area contributed by atoms with Gasteiger partial charge in [-0.15, -0.1) is 0 Å². The van der Waals surface area contributed by atoms with E-state index in [9.17, 15) is 9.59 Å². The van der Waals surface area contributed by atoms with Crippen LogP contribution in [-0.4, -0.2) is 55.9 Å². The summed E-state index contributed by atoms with van der Waals surface area (Å²) in [4.78, 5) is 27.5. The number of nitrogens with one attached hydrogen (secondary N) is 1. The van der Waals surface area contributed by atoms with E-state index in [0.29, 0.717) is 31.7 Å². The quantitative estimate of drug-likeness (QED) is 0.214. The molecule has 9 nitrogen and oxygen atoms in total. The molecule has 0 spiro atoms. The van der Waals surface area contributed by atoms with Gasteiger partial charge in [0.1, 0.15) is 12.3 Å². The monoisotopic (exact) mass is 643 g/mol. The second kappa shape index (κ2) is 14.8. The lowest BCUT2D eigenvalue weighted by Gasteiger charge is -2.46. The van der Waals surface area contributed by atoms with E-state index in [1.165, 1.54) is 10.8 Å². The number of nitrogens with two attached hydrogens (primary N) is 1. The predicted octanol–water partition coefficient (Wildman–Crippen LogP) is 3.64. The molecule has 1 aliphatic heterocycles. The molecule has 0 radical (unpaired) electrons. The number of hydrogen-bond acceptors (Lipinski definition) is 7. The van der Waals surface area contributed by atoms with Crippen LogP contribution >= 0.6 is 0 Å². The zero-order valence-corrected chi connectivity index (χ0v) is 28.1. The number of benzene rings is 3. The SMILES string of the molecule is Cc1cn([C@H]2C[C@H](OCCN)[C@@H](C(COCc3ccccc3)O[Si](c3ccccc3)(c3ccccc3)C(C)(C)C)O2)c(=O)[nH]c1=O. The Kier molecular flexibility index (Phi) is 10.9. The van der Waals surface area contributed by atoms with Gasteiger partial charge in [0.25, 0.3) is 13.9 Å². The lowest BCUT2D eigenvalue weighted by atomic mass is 10.1. The third-order valence-electron chi connectivity index (χ3n) is 8.53. The van der Waals surface area contributed by atoms with E-state index in [4.69, 9.17) is 24.4 Å². The highest BCUT2D eigenvalue weighted by Crippen LogP contribution is 2.40. The van der Waals surface area contributed by atoms with Crippen LogP contribution in [0.15, 0.2) is 107 Å². The molecule has 10 heteroatoms. The number of aromatic nitrogens is 2. The van der Waals surface area contributed by atoms with Crippen molar-refractivity contribution in [1.29, 1.82) is 0 Å². The molecule has 1 saturated heterocycles. The number of aromatic amines is 1. The van der Waals surface area contributed by atoms with Gasteiger partial charge in [0.2, 0.25) is 0 Å². The number of hydrogen-bond donors (Lipinski definition) is 2. The van der Waals surface area contributed by atoms with Crippen LogP contribution in [0.3, 0.4) is 0 Å². The zero-order chi connectivity index (χ0) is 32.7. The van der Waals surface area contributed by atoms with Gasteiger partial charge in [0.05, 0.1) is 32.0 Å². The Morgan fingerprint density at radius 1 is 0.957 bits per heavy atom. The number of ether oxygens (including phenoxy) is 3. The third kappa shape index (κ3) is 7.33. The molecule has 0 amide bonds. The first-order chi connectivity index (χ1) is 22.1. The van der Waals surface area contributed by atoms with Crippen molar-refractivity contribution in [3.8, 4) is 0 Å². The van der Waals surface area contributed by atoms with Gasteiger partial charge < -0.3 is 24.4 Å². The highest BCUT2D eigenvalue weighted by Gasteiger charge is 2.54. The molecular weight excluding hydrogens is 598 g/mol. The largest absolute Gasteiger partial charge is 0.399 e. The van der Waals surface area contributed by atoms with Crippen LogP contribution in [0.4, 0.5) is 0 Å². The molecule has 0 bridgehead atoms. The topological polar surface area (TPSA) is 118 Å². The van der Waals surface area contributed by atoms with E-state index in [0.717, 1.165) is 15.9 Å². The van der Waals surface area contributed by atoms with Crippen molar-refractivity contribution in [1.82, 2.24) is 9.55 Å². The summed E-state index contributed by atoms with van der Waals surface area (Å²) in [6, 6.07) is 30.8. The van der Waals surface area contributed by atoms with Crippen LogP contribution in [0, 0.1) is 6.92 Å². The highest BCUT2D eigenvalue weighted by molar-refractivity contribution is 6.99. The Hall–Kier alpha value is -3.64. The van der Waals surface area contributed by atoms with Crippen molar-refractivity contribution in [2.75, 3.05) is 19.8 Å². The Labute approximate surface area is 271 Å². The van der Waals surface area contributed by atoms with E-state index in [1.54, 1.807) is 6.92 Å². The molecule has 4 aromatic rings. The standard InChI is InChI=1S/C36H45N3O6Si/c1-26-23-39(35(41)38-34(26)40)32-22-30(43-21-20-37)33(44-32)31(25-42-24-27-14-8-5-9-15-27)45-46(36(2,3)4,28-16-10-6-11-17-28)29-18-12-7-13-19-29/h5-19,23,30-33H,20-22,24-25,37H2,1-4H3,(H,38,40,41)/t30-,31?,32+,33-/m0/s1. The van der Waals surface area contributed by atoms with Gasteiger partial charge in [-0.1, -0.05) is 112 Å². The molecule has 46 heavy (non-hydrogen) atoms. The van der Waals surface area contributed by atoms with Crippen LogP contribution < -0.4 is 27.4 Å². The summed E-state index contributed by atoms with van der Waals surface area (Å²) in [6.07, 6.45) is -0.408.